The summed E-state index contributed by atoms with van der Waals surface area (Å²) in [7, 11) is 0. The molecule has 1 amide bonds. The smallest absolute Gasteiger partial charge is 0.308 e. The Balaban J connectivity index is 2.42. The minimum atomic E-state index is -1.64. The molecule has 1 N–H and O–H groups in total. The normalized spacial score (nSPS) is 19.3. The zero-order valence-corrected chi connectivity index (χ0v) is 17.1. The van der Waals surface area contributed by atoms with Crippen molar-refractivity contribution in [3.8, 4) is 0 Å². The first kappa shape index (κ1) is 20.7. The summed E-state index contributed by atoms with van der Waals surface area (Å²) in [5.41, 5.74) is -1.42. The molecule has 1 unspecified atom stereocenters. The highest BCUT2D eigenvalue weighted by Gasteiger charge is 2.51. The largest absolute Gasteiger partial charge is 0.456 e. The molecule has 6 nitrogen and oxygen atoms in total. The average molecular weight is 465 g/mol. The van der Waals surface area contributed by atoms with Crippen LogP contribution < -0.4 is 5.32 Å². The monoisotopic (exact) mass is 463 g/mol. The maximum atomic E-state index is 12.9. The maximum absolute atomic E-state index is 12.9. The van der Waals surface area contributed by atoms with Gasteiger partial charge in [-0.1, -0.05) is 45.2 Å². The molecule has 1 aliphatic rings. The fourth-order valence-electron chi connectivity index (χ4n) is 2.47. The van der Waals surface area contributed by atoms with E-state index < -0.39 is 17.4 Å². The number of esters is 1. The number of amides is 1. The molecule has 1 aromatic carbocycles. The minimum absolute atomic E-state index is 0.198. The second kappa shape index (κ2) is 8.41. The predicted octanol–water partition coefficient (Wildman–Crippen LogP) is 3.83. The number of nitrogens with one attached hydrogen (secondary N) is 1. The third-order valence-electron chi connectivity index (χ3n) is 3.63. The number of rotatable bonds is 6. The lowest BCUT2D eigenvalue weighted by molar-refractivity contribution is -0.142. The first-order valence-electron chi connectivity index (χ1n) is 7.67. The summed E-state index contributed by atoms with van der Waals surface area (Å²) in [6.07, 6.45) is 0.785. The molecule has 0 bridgehead atoms. The van der Waals surface area contributed by atoms with E-state index >= 15 is 0 Å². The van der Waals surface area contributed by atoms with Gasteiger partial charge in [0.2, 0.25) is 23.2 Å². The molecule has 1 aromatic rings. The molecule has 0 spiro atoms. The third kappa shape index (κ3) is 4.22. The van der Waals surface area contributed by atoms with Crippen LogP contribution in [0.4, 0.5) is 0 Å². The van der Waals surface area contributed by atoms with Crippen LogP contribution in [-0.2, 0) is 29.5 Å². The van der Waals surface area contributed by atoms with Crippen molar-refractivity contribution >= 4 is 56.8 Å². The highest BCUT2D eigenvalue weighted by molar-refractivity contribution is 9.09. The topological polar surface area (TPSA) is 81.7 Å². The van der Waals surface area contributed by atoms with Crippen molar-refractivity contribution in [3.05, 3.63) is 45.5 Å². The SMILES string of the molecule is CC(=O)OC1=C(NC(=O)CCCBr)OC(C)(c2c(Cl)cccc2Cl)C1=O. The van der Waals surface area contributed by atoms with Crippen molar-refractivity contribution in [2.75, 3.05) is 5.33 Å². The molecule has 0 saturated carbocycles. The fourth-order valence-corrected chi connectivity index (χ4v) is 3.51. The van der Waals surface area contributed by atoms with Crippen molar-refractivity contribution in [2.45, 2.75) is 32.3 Å². The van der Waals surface area contributed by atoms with Crippen molar-refractivity contribution in [2.24, 2.45) is 0 Å². The molecule has 1 heterocycles. The highest BCUT2D eigenvalue weighted by Crippen LogP contribution is 2.44. The third-order valence-corrected chi connectivity index (χ3v) is 4.82. The lowest BCUT2D eigenvalue weighted by Gasteiger charge is -2.25. The van der Waals surface area contributed by atoms with E-state index in [2.05, 4.69) is 21.2 Å². The molecular weight excluding hydrogens is 449 g/mol. The van der Waals surface area contributed by atoms with E-state index in [0.717, 1.165) is 6.92 Å². The second-order valence-corrected chi connectivity index (χ2v) is 7.26. The van der Waals surface area contributed by atoms with Crippen molar-refractivity contribution in [3.63, 3.8) is 0 Å². The molecule has 0 radical (unpaired) electrons. The number of carbonyl (C=O) groups is 3. The molecule has 0 saturated heterocycles. The second-order valence-electron chi connectivity index (χ2n) is 5.65. The first-order valence-corrected chi connectivity index (χ1v) is 9.55. The summed E-state index contributed by atoms with van der Waals surface area (Å²) in [5.74, 6) is -2.39. The molecule has 2 rings (SSSR count). The Kier molecular flexibility index (Phi) is 6.71. The summed E-state index contributed by atoms with van der Waals surface area (Å²) in [4.78, 5) is 36.4. The Morgan fingerprint density at radius 3 is 2.46 bits per heavy atom. The molecule has 0 aromatic heterocycles. The molecule has 9 heteroatoms. The lowest BCUT2D eigenvalue weighted by atomic mass is 9.91. The van der Waals surface area contributed by atoms with Gasteiger partial charge in [-0.3, -0.25) is 19.7 Å². The van der Waals surface area contributed by atoms with Crippen LogP contribution in [-0.4, -0.2) is 23.0 Å². The molecule has 0 fully saturated rings. The standard InChI is InChI=1S/C17H16BrCl2NO5/c1-9(22)25-14-15(24)17(2,13-10(19)5-3-6-11(13)20)26-16(14)21-12(23)7-4-8-18/h3,5-6H,4,7-8H2,1-2H3,(H,21,23). The average Bonchev–Trinajstić information content (AvgIpc) is 2.77. The Morgan fingerprint density at radius 1 is 1.31 bits per heavy atom. The van der Waals surface area contributed by atoms with Gasteiger partial charge < -0.3 is 9.47 Å². The summed E-state index contributed by atoms with van der Waals surface area (Å²) in [6.45, 7) is 2.59. The van der Waals surface area contributed by atoms with E-state index in [0.29, 0.717) is 11.8 Å². The van der Waals surface area contributed by atoms with Crippen LogP contribution in [0.25, 0.3) is 0 Å². The molecule has 1 aliphatic heterocycles. The van der Waals surface area contributed by atoms with Crippen LogP contribution in [0, 0.1) is 0 Å². The van der Waals surface area contributed by atoms with Gasteiger partial charge in [-0.05, 0) is 25.5 Å². The fraction of sp³-hybridized carbons (Fsp3) is 0.353. The van der Waals surface area contributed by atoms with Gasteiger partial charge in [0.1, 0.15) is 0 Å². The van der Waals surface area contributed by atoms with Gasteiger partial charge in [0.25, 0.3) is 5.78 Å². The molecule has 0 aliphatic carbocycles. The van der Waals surface area contributed by atoms with E-state index in [1.165, 1.54) is 6.92 Å². The quantitative estimate of drug-likeness (QED) is 0.511. The molecular formula is C17H16BrCl2NO5. The van der Waals surface area contributed by atoms with Gasteiger partial charge in [0, 0.05) is 34.3 Å². The Morgan fingerprint density at radius 2 is 1.92 bits per heavy atom. The van der Waals surface area contributed by atoms with Crippen LogP contribution in [0.2, 0.25) is 10.0 Å². The van der Waals surface area contributed by atoms with E-state index in [4.69, 9.17) is 32.7 Å². The number of hydrogen-bond donors (Lipinski definition) is 1. The molecule has 26 heavy (non-hydrogen) atoms. The van der Waals surface area contributed by atoms with E-state index in [9.17, 15) is 14.4 Å². The number of Topliss-reactive ketones (excluding diaryl/α,β-unsaturated/α-hetero) is 1. The van der Waals surface area contributed by atoms with Crippen LogP contribution in [0.5, 0.6) is 0 Å². The summed E-state index contributed by atoms with van der Waals surface area (Å²) in [5, 5.41) is 3.54. The van der Waals surface area contributed by atoms with Crippen LogP contribution >= 0.6 is 39.1 Å². The number of hydrogen-bond acceptors (Lipinski definition) is 5. The summed E-state index contributed by atoms with van der Waals surface area (Å²) in [6, 6.07) is 4.74. The van der Waals surface area contributed by atoms with E-state index in [1.807, 2.05) is 0 Å². The zero-order valence-electron chi connectivity index (χ0n) is 14.0. The van der Waals surface area contributed by atoms with Crippen molar-refractivity contribution in [1.82, 2.24) is 5.32 Å². The van der Waals surface area contributed by atoms with Gasteiger partial charge in [-0.15, -0.1) is 0 Å². The Labute approximate surface area is 168 Å². The van der Waals surface area contributed by atoms with Gasteiger partial charge >= 0.3 is 5.97 Å². The van der Waals surface area contributed by atoms with Gasteiger partial charge in [0.15, 0.2) is 0 Å². The predicted molar refractivity (Wildman–Crippen MR) is 99.9 cm³/mol. The minimum Gasteiger partial charge on any atom is -0.456 e. The van der Waals surface area contributed by atoms with Crippen LogP contribution in [0.1, 0.15) is 32.3 Å². The van der Waals surface area contributed by atoms with Gasteiger partial charge in [-0.25, -0.2) is 0 Å². The maximum Gasteiger partial charge on any atom is 0.308 e. The summed E-state index contributed by atoms with van der Waals surface area (Å²) >= 11 is 15.6. The van der Waals surface area contributed by atoms with E-state index in [1.54, 1.807) is 18.2 Å². The number of halogens is 3. The number of carbonyl (C=O) groups excluding carboxylic acids is 3. The lowest BCUT2D eigenvalue weighted by Crippen LogP contribution is -2.33. The molecule has 140 valence electrons. The highest BCUT2D eigenvalue weighted by atomic mass is 79.9. The Hall–Kier alpha value is -1.57. The van der Waals surface area contributed by atoms with Crippen molar-refractivity contribution < 1.29 is 23.9 Å². The van der Waals surface area contributed by atoms with Crippen molar-refractivity contribution in [1.29, 1.82) is 0 Å². The number of benzene rings is 1. The van der Waals surface area contributed by atoms with Crippen LogP contribution in [0.15, 0.2) is 29.8 Å². The Bertz CT molecular complexity index is 775. The van der Waals surface area contributed by atoms with E-state index in [-0.39, 0.29) is 39.6 Å². The van der Waals surface area contributed by atoms with Gasteiger partial charge in [0.05, 0.1) is 0 Å². The number of ether oxygens (including phenoxy) is 2. The van der Waals surface area contributed by atoms with Gasteiger partial charge in [-0.2, -0.15) is 0 Å². The summed E-state index contributed by atoms with van der Waals surface area (Å²) < 4.78 is 10.7. The number of ketones is 1. The molecule has 1 atom stereocenters. The van der Waals surface area contributed by atoms with Crippen LogP contribution in [0.3, 0.4) is 0 Å². The number of alkyl halides is 1. The first-order chi connectivity index (χ1) is 12.2. The zero-order chi connectivity index (χ0) is 19.5.